The minimum atomic E-state index is -0.163. The number of aromatic nitrogens is 3. The zero-order valence-electron chi connectivity index (χ0n) is 14.7. The van der Waals surface area contributed by atoms with Crippen molar-refractivity contribution in [3.63, 3.8) is 0 Å². The highest BCUT2D eigenvalue weighted by atomic mass is 16.7. The number of piperidine rings is 1. The molecule has 2 aliphatic heterocycles. The molecule has 0 radical (unpaired) electrons. The molecule has 26 heavy (non-hydrogen) atoms. The van der Waals surface area contributed by atoms with E-state index in [4.69, 9.17) is 9.47 Å². The molecule has 4 rings (SSSR count). The number of nitrogens with one attached hydrogen (secondary N) is 1. The topological polar surface area (TPSA) is 89.4 Å². The Labute approximate surface area is 150 Å². The SMILES string of the molecule is CCn1c(C2CCN(C(=O)Cc3ccc4c(c3)OCO4)CC2)n[nH]c1=O. The fourth-order valence-electron chi connectivity index (χ4n) is 3.67. The second-order valence-corrected chi connectivity index (χ2v) is 6.65. The van der Waals surface area contributed by atoms with Gasteiger partial charge in [-0.15, -0.1) is 0 Å². The standard InChI is InChI=1S/C18H22N4O4/c1-2-22-17(19-20-18(22)24)13-5-7-21(8-6-13)16(23)10-12-3-4-14-15(9-12)26-11-25-14/h3-4,9,13H,2,5-8,10-11H2,1H3,(H,20,24). The van der Waals surface area contributed by atoms with Gasteiger partial charge in [-0.3, -0.25) is 9.36 Å². The molecule has 0 atom stereocenters. The number of nitrogens with zero attached hydrogens (tertiary/aromatic N) is 3. The van der Waals surface area contributed by atoms with Crippen molar-refractivity contribution in [1.82, 2.24) is 19.7 Å². The summed E-state index contributed by atoms with van der Waals surface area (Å²) < 4.78 is 12.3. The fourth-order valence-corrected chi connectivity index (χ4v) is 3.67. The van der Waals surface area contributed by atoms with Crippen molar-refractivity contribution < 1.29 is 14.3 Å². The maximum absolute atomic E-state index is 12.6. The molecule has 0 bridgehead atoms. The highest BCUT2D eigenvalue weighted by Gasteiger charge is 2.27. The second kappa shape index (κ2) is 6.86. The molecule has 1 aromatic carbocycles. The van der Waals surface area contributed by atoms with Gasteiger partial charge in [-0.2, -0.15) is 5.10 Å². The van der Waals surface area contributed by atoms with Crippen molar-refractivity contribution in [3.05, 3.63) is 40.1 Å². The number of amides is 1. The summed E-state index contributed by atoms with van der Waals surface area (Å²) in [7, 11) is 0. The van der Waals surface area contributed by atoms with Crippen molar-refractivity contribution in [2.45, 2.75) is 38.6 Å². The monoisotopic (exact) mass is 358 g/mol. The first-order valence-electron chi connectivity index (χ1n) is 8.97. The van der Waals surface area contributed by atoms with Crippen LogP contribution in [-0.4, -0.2) is 45.5 Å². The number of fused-ring (bicyclic) bond motifs is 1. The first kappa shape index (κ1) is 16.7. The Morgan fingerprint density at radius 1 is 1.27 bits per heavy atom. The van der Waals surface area contributed by atoms with E-state index in [1.54, 1.807) is 4.57 Å². The van der Waals surface area contributed by atoms with Crippen LogP contribution in [0.3, 0.4) is 0 Å². The number of aromatic amines is 1. The van der Waals surface area contributed by atoms with Gasteiger partial charge in [0.25, 0.3) is 0 Å². The maximum atomic E-state index is 12.6. The van der Waals surface area contributed by atoms with Crippen LogP contribution in [0, 0.1) is 0 Å². The summed E-state index contributed by atoms with van der Waals surface area (Å²) in [4.78, 5) is 26.2. The van der Waals surface area contributed by atoms with Gasteiger partial charge in [0, 0.05) is 25.6 Å². The number of carbonyl (C=O) groups is 1. The molecular weight excluding hydrogens is 336 g/mol. The lowest BCUT2D eigenvalue weighted by molar-refractivity contribution is -0.131. The molecule has 0 saturated carbocycles. The lowest BCUT2D eigenvalue weighted by Crippen LogP contribution is -2.39. The van der Waals surface area contributed by atoms with Crippen molar-refractivity contribution in [2.24, 2.45) is 0 Å². The zero-order chi connectivity index (χ0) is 18.1. The molecule has 1 N–H and O–H groups in total. The van der Waals surface area contributed by atoms with Crippen LogP contribution in [0.25, 0.3) is 0 Å². The van der Waals surface area contributed by atoms with E-state index in [0.29, 0.717) is 31.8 Å². The lowest BCUT2D eigenvalue weighted by atomic mass is 9.95. The lowest BCUT2D eigenvalue weighted by Gasteiger charge is -2.31. The number of rotatable bonds is 4. The number of hydrogen-bond donors (Lipinski definition) is 1. The third kappa shape index (κ3) is 3.07. The predicted octanol–water partition coefficient (Wildman–Crippen LogP) is 1.27. The predicted molar refractivity (Wildman–Crippen MR) is 93.3 cm³/mol. The first-order valence-corrected chi connectivity index (χ1v) is 8.97. The molecule has 0 aliphatic carbocycles. The summed E-state index contributed by atoms with van der Waals surface area (Å²) in [5, 5.41) is 6.70. The number of carbonyl (C=O) groups excluding carboxylic acids is 1. The molecule has 2 aliphatic rings. The average Bonchev–Trinajstić information content (AvgIpc) is 3.27. The van der Waals surface area contributed by atoms with Crippen LogP contribution in [-0.2, 0) is 17.8 Å². The molecule has 3 heterocycles. The molecule has 1 aromatic heterocycles. The van der Waals surface area contributed by atoms with Gasteiger partial charge in [0.2, 0.25) is 12.7 Å². The van der Waals surface area contributed by atoms with Gasteiger partial charge < -0.3 is 14.4 Å². The molecule has 138 valence electrons. The summed E-state index contributed by atoms with van der Waals surface area (Å²) in [5.41, 5.74) is 0.761. The van der Waals surface area contributed by atoms with E-state index >= 15 is 0 Å². The Bertz CT molecular complexity index is 864. The Morgan fingerprint density at radius 3 is 2.81 bits per heavy atom. The summed E-state index contributed by atoms with van der Waals surface area (Å²) in [6.45, 7) is 4.13. The molecular formula is C18H22N4O4. The highest BCUT2D eigenvalue weighted by molar-refractivity contribution is 5.79. The Morgan fingerprint density at radius 2 is 2.04 bits per heavy atom. The van der Waals surface area contributed by atoms with Gasteiger partial charge in [-0.05, 0) is 37.5 Å². The molecule has 0 unspecified atom stereocenters. The van der Waals surface area contributed by atoms with Crippen molar-refractivity contribution >= 4 is 5.91 Å². The molecule has 0 spiro atoms. The van der Waals surface area contributed by atoms with Gasteiger partial charge >= 0.3 is 5.69 Å². The van der Waals surface area contributed by atoms with Crippen LogP contribution in [0.5, 0.6) is 11.5 Å². The molecule has 2 aromatic rings. The van der Waals surface area contributed by atoms with Crippen LogP contribution >= 0.6 is 0 Å². The third-order valence-electron chi connectivity index (χ3n) is 5.11. The van der Waals surface area contributed by atoms with E-state index in [2.05, 4.69) is 10.2 Å². The normalized spacial score (nSPS) is 16.9. The zero-order valence-corrected chi connectivity index (χ0v) is 14.7. The van der Waals surface area contributed by atoms with Gasteiger partial charge in [0.1, 0.15) is 5.82 Å². The Balaban J connectivity index is 1.37. The van der Waals surface area contributed by atoms with Gasteiger partial charge in [0.15, 0.2) is 11.5 Å². The largest absolute Gasteiger partial charge is 0.454 e. The summed E-state index contributed by atoms with van der Waals surface area (Å²) in [5.74, 6) is 2.55. The van der Waals surface area contributed by atoms with Gasteiger partial charge in [0.05, 0.1) is 6.42 Å². The first-order chi connectivity index (χ1) is 12.7. The second-order valence-electron chi connectivity index (χ2n) is 6.65. The van der Waals surface area contributed by atoms with Crippen LogP contribution < -0.4 is 15.2 Å². The fraction of sp³-hybridized carbons (Fsp3) is 0.500. The van der Waals surface area contributed by atoms with Gasteiger partial charge in [-0.1, -0.05) is 6.07 Å². The molecule has 8 heteroatoms. The Hall–Kier alpha value is -2.77. The third-order valence-corrected chi connectivity index (χ3v) is 5.11. The number of benzene rings is 1. The summed E-state index contributed by atoms with van der Waals surface area (Å²) in [6, 6.07) is 5.62. The van der Waals surface area contributed by atoms with Gasteiger partial charge in [-0.25, -0.2) is 9.89 Å². The van der Waals surface area contributed by atoms with E-state index in [-0.39, 0.29) is 24.3 Å². The van der Waals surface area contributed by atoms with Crippen LogP contribution in [0.15, 0.2) is 23.0 Å². The van der Waals surface area contributed by atoms with E-state index < -0.39 is 0 Å². The molecule has 1 amide bonds. The molecule has 1 saturated heterocycles. The van der Waals surface area contributed by atoms with E-state index in [9.17, 15) is 9.59 Å². The van der Waals surface area contributed by atoms with Crippen molar-refractivity contribution in [1.29, 1.82) is 0 Å². The minimum Gasteiger partial charge on any atom is -0.454 e. The quantitative estimate of drug-likeness (QED) is 0.889. The molecule has 1 fully saturated rings. The number of hydrogen-bond acceptors (Lipinski definition) is 5. The van der Waals surface area contributed by atoms with Crippen molar-refractivity contribution in [3.8, 4) is 11.5 Å². The van der Waals surface area contributed by atoms with Crippen molar-refractivity contribution in [2.75, 3.05) is 19.9 Å². The van der Waals surface area contributed by atoms with Crippen LogP contribution in [0.4, 0.5) is 0 Å². The number of ether oxygens (including phenoxy) is 2. The highest BCUT2D eigenvalue weighted by Crippen LogP contribution is 2.33. The molecule has 8 nitrogen and oxygen atoms in total. The summed E-state index contributed by atoms with van der Waals surface area (Å²) >= 11 is 0. The van der Waals surface area contributed by atoms with E-state index in [1.165, 1.54) is 0 Å². The van der Waals surface area contributed by atoms with E-state index in [0.717, 1.165) is 30.0 Å². The average molecular weight is 358 g/mol. The Kier molecular flexibility index (Phi) is 4.40. The maximum Gasteiger partial charge on any atom is 0.343 e. The van der Waals surface area contributed by atoms with Crippen LogP contribution in [0.1, 0.15) is 37.1 Å². The minimum absolute atomic E-state index is 0.109. The summed E-state index contributed by atoms with van der Waals surface area (Å²) in [6.07, 6.45) is 1.98. The van der Waals surface area contributed by atoms with E-state index in [1.807, 2.05) is 30.0 Å². The number of H-pyrrole nitrogens is 1. The number of likely N-dealkylation sites (tertiary alicyclic amines) is 1. The van der Waals surface area contributed by atoms with Crippen LogP contribution in [0.2, 0.25) is 0 Å². The smallest absolute Gasteiger partial charge is 0.343 e.